The number of benzene rings is 1. The van der Waals surface area contributed by atoms with Gasteiger partial charge in [-0.25, -0.2) is 9.37 Å². The van der Waals surface area contributed by atoms with Gasteiger partial charge in [0.2, 0.25) is 11.8 Å². The minimum atomic E-state index is -0.746. The lowest BCUT2D eigenvalue weighted by molar-refractivity contribution is -0.122. The van der Waals surface area contributed by atoms with Gasteiger partial charge >= 0.3 is 0 Å². The van der Waals surface area contributed by atoms with Gasteiger partial charge in [0.05, 0.1) is 12.8 Å². The summed E-state index contributed by atoms with van der Waals surface area (Å²) < 4.78 is 21.6. The summed E-state index contributed by atoms with van der Waals surface area (Å²) in [5.74, 6) is -0.797. The van der Waals surface area contributed by atoms with Crippen molar-refractivity contribution in [1.82, 2.24) is 25.1 Å². The van der Waals surface area contributed by atoms with Crippen LogP contribution in [0, 0.1) is 5.82 Å². The minimum absolute atomic E-state index is 0.0163. The number of halogens is 1. The molecule has 1 amide bonds. The lowest BCUT2D eigenvalue weighted by Gasteiger charge is -2.32. The summed E-state index contributed by atoms with van der Waals surface area (Å²) in [5.41, 5.74) is 6.52. The van der Waals surface area contributed by atoms with E-state index in [1.807, 2.05) is 11.9 Å². The average Bonchev–Trinajstić information content (AvgIpc) is 3.19. The van der Waals surface area contributed by atoms with E-state index in [-0.39, 0.29) is 35.2 Å². The molecule has 1 aliphatic rings. The van der Waals surface area contributed by atoms with Crippen molar-refractivity contribution >= 4 is 29.2 Å². The number of hydrogen-bond donors (Lipinski definition) is 3. The number of aryl methyl sites for hydroxylation is 1. The Morgan fingerprint density at radius 2 is 2.03 bits per heavy atom. The van der Waals surface area contributed by atoms with Crippen molar-refractivity contribution in [2.45, 2.75) is 18.9 Å². The Bertz CT molecular complexity index is 1160. The van der Waals surface area contributed by atoms with Gasteiger partial charge in [-0.15, -0.1) is 0 Å². The van der Waals surface area contributed by atoms with Gasteiger partial charge in [-0.1, -0.05) is 0 Å². The van der Waals surface area contributed by atoms with Crippen LogP contribution < -0.4 is 20.7 Å². The third-order valence-corrected chi connectivity index (χ3v) is 5.43. The highest BCUT2D eigenvalue weighted by molar-refractivity contribution is 6.02. The van der Waals surface area contributed by atoms with E-state index in [1.54, 1.807) is 19.3 Å². The van der Waals surface area contributed by atoms with Crippen molar-refractivity contribution in [1.29, 1.82) is 0 Å². The summed E-state index contributed by atoms with van der Waals surface area (Å²) >= 11 is 0. The third kappa shape index (κ3) is 5.00. The Balaban J connectivity index is 0.000000968. The molecule has 1 saturated heterocycles. The average molecular weight is 459 g/mol. The standard InChI is InChI=1S/C20H24FN7O2.CH2O2/c1-27-10-12-8-11(9-14(21)16(12)26-27)17-15(18(22)29)19(30-3)25-20(24-17)28(2)13-4-6-23-7-5-13;2-1-3/h8-10,13,23H,4-7H2,1-3H3,(H2,22,29);1H,(H,2,3). The van der Waals surface area contributed by atoms with E-state index in [4.69, 9.17) is 20.4 Å². The van der Waals surface area contributed by atoms with E-state index in [0.717, 1.165) is 25.9 Å². The Morgan fingerprint density at radius 3 is 2.64 bits per heavy atom. The van der Waals surface area contributed by atoms with Crippen LogP contribution in [0.4, 0.5) is 10.3 Å². The number of nitrogens with one attached hydrogen (secondary N) is 1. The third-order valence-electron chi connectivity index (χ3n) is 5.43. The SMILES string of the molecule is COc1nc(N(C)C2CCNCC2)nc(-c2cc(F)c3nn(C)cc3c2)c1C(N)=O.O=CO. The van der Waals surface area contributed by atoms with Crippen LogP contribution in [0.3, 0.4) is 0 Å². The number of amides is 1. The maximum Gasteiger partial charge on any atom is 0.290 e. The lowest BCUT2D eigenvalue weighted by atomic mass is 10.0. The highest BCUT2D eigenvalue weighted by Crippen LogP contribution is 2.33. The van der Waals surface area contributed by atoms with Gasteiger partial charge in [0, 0.05) is 37.3 Å². The number of ether oxygens (including phenoxy) is 1. The largest absolute Gasteiger partial charge is 0.483 e. The Labute approximate surface area is 189 Å². The van der Waals surface area contributed by atoms with Gasteiger partial charge in [-0.3, -0.25) is 14.3 Å². The second-order valence-corrected chi connectivity index (χ2v) is 7.52. The Morgan fingerprint density at radius 1 is 1.36 bits per heavy atom. The second-order valence-electron chi connectivity index (χ2n) is 7.52. The molecule has 12 heteroatoms. The topological polar surface area (TPSA) is 148 Å². The van der Waals surface area contributed by atoms with Gasteiger partial charge in [0.15, 0.2) is 5.82 Å². The number of carbonyl (C=O) groups is 2. The van der Waals surface area contributed by atoms with E-state index < -0.39 is 11.7 Å². The van der Waals surface area contributed by atoms with Crippen molar-refractivity contribution in [3.8, 4) is 17.1 Å². The molecule has 1 fully saturated rings. The van der Waals surface area contributed by atoms with Crippen LogP contribution in [-0.4, -0.2) is 70.5 Å². The molecule has 0 aliphatic carbocycles. The first kappa shape index (κ1) is 23.9. The fraction of sp³-hybridized carbons (Fsp3) is 0.381. The number of primary amides is 1. The summed E-state index contributed by atoms with van der Waals surface area (Å²) in [6.45, 7) is 1.56. The molecule has 1 aliphatic heterocycles. The molecule has 33 heavy (non-hydrogen) atoms. The second kappa shape index (κ2) is 10.2. The molecule has 0 radical (unpaired) electrons. The summed E-state index contributed by atoms with van der Waals surface area (Å²) in [7, 11) is 5.04. The fourth-order valence-electron chi connectivity index (χ4n) is 3.87. The number of carboxylic acid groups (broad SMARTS) is 1. The monoisotopic (exact) mass is 459 g/mol. The van der Waals surface area contributed by atoms with Crippen molar-refractivity contribution < 1.29 is 23.8 Å². The molecule has 0 bridgehead atoms. The zero-order valence-corrected chi connectivity index (χ0v) is 18.6. The number of carbonyl (C=O) groups excluding carboxylic acids is 1. The molecule has 0 atom stereocenters. The van der Waals surface area contributed by atoms with Crippen LogP contribution in [-0.2, 0) is 11.8 Å². The number of piperidine rings is 1. The minimum Gasteiger partial charge on any atom is -0.483 e. The molecular formula is C21H26FN7O4. The molecular weight excluding hydrogens is 433 g/mol. The number of nitrogens with two attached hydrogens (primary N) is 1. The molecule has 0 spiro atoms. The Hall–Kier alpha value is -3.80. The predicted molar refractivity (Wildman–Crippen MR) is 120 cm³/mol. The smallest absolute Gasteiger partial charge is 0.290 e. The molecule has 3 aromatic rings. The van der Waals surface area contributed by atoms with E-state index in [2.05, 4.69) is 20.4 Å². The van der Waals surface area contributed by atoms with Crippen molar-refractivity contribution in [3.63, 3.8) is 0 Å². The summed E-state index contributed by atoms with van der Waals surface area (Å²) in [6.07, 6.45) is 3.57. The van der Waals surface area contributed by atoms with Crippen LogP contribution in [0.1, 0.15) is 23.2 Å². The molecule has 4 N–H and O–H groups in total. The van der Waals surface area contributed by atoms with Crippen LogP contribution in [0.5, 0.6) is 5.88 Å². The lowest BCUT2D eigenvalue weighted by Crippen LogP contribution is -2.42. The molecule has 1 aromatic carbocycles. The summed E-state index contributed by atoms with van der Waals surface area (Å²) in [5, 5.41) is 14.9. The number of methoxy groups -OCH3 is 1. The molecule has 2 aromatic heterocycles. The molecule has 4 rings (SSSR count). The Kier molecular flexibility index (Phi) is 7.38. The van der Waals surface area contributed by atoms with Gasteiger partial charge in [-0.05, 0) is 38.1 Å². The number of rotatable bonds is 5. The van der Waals surface area contributed by atoms with Crippen LogP contribution in [0.2, 0.25) is 0 Å². The number of aromatic nitrogens is 4. The zero-order valence-electron chi connectivity index (χ0n) is 18.6. The van der Waals surface area contributed by atoms with E-state index >= 15 is 0 Å². The highest BCUT2D eigenvalue weighted by Gasteiger charge is 2.26. The number of hydrogen-bond acceptors (Lipinski definition) is 8. The number of anilines is 1. The van der Waals surface area contributed by atoms with Crippen LogP contribution >= 0.6 is 0 Å². The van der Waals surface area contributed by atoms with Gasteiger partial charge in [0.1, 0.15) is 11.1 Å². The molecule has 11 nitrogen and oxygen atoms in total. The van der Waals surface area contributed by atoms with Crippen molar-refractivity contribution in [2.24, 2.45) is 12.8 Å². The van der Waals surface area contributed by atoms with Crippen molar-refractivity contribution in [3.05, 3.63) is 29.7 Å². The quantitative estimate of drug-likeness (QED) is 0.478. The van der Waals surface area contributed by atoms with Gasteiger partial charge in [0.25, 0.3) is 12.4 Å². The highest BCUT2D eigenvalue weighted by atomic mass is 19.1. The molecule has 176 valence electrons. The maximum atomic E-state index is 14.7. The number of fused-ring (bicyclic) bond motifs is 1. The van der Waals surface area contributed by atoms with E-state index in [9.17, 15) is 9.18 Å². The molecule has 0 saturated carbocycles. The van der Waals surface area contributed by atoms with E-state index in [0.29, 0.717) is 16.9 Å². The van der Waals surface area contributed by atoms with Crippen molar-refractivity contribution in [2.75, 3.05) is 32.1 Å². The first-order valence-electron chi connectivity index (χ1n) is 10.2. The first-order chi connectivity index (χ1) is 15.8. The summed E-state index contributed by atoms with van der Waals surface area (Å²) in [4.78, 5) is 31.6. The first-order valence-corrected chi connectivity index (χ1v) is 10.2. The van der Waals surface area contributed by atoms with Gasteiger partial charge < -0.3 is 25.8 Å². The predicted octanol–water partition coefficient (Wildman–Crippen LogP) is 1.17. The van der Waals surface area contributed by atoms with E-state index in [1.165, 1.54) is 17.9 Å². The van der Waals surface area contributed by atoms with Gasteiger partial charge in [-0.2, -0.15) is 10.1 Å². The number of nitrogens with zero attached hydrogens (tertiary/aromatic N) is 5. The fourth-order valence-corrected chi connectivity index (χ4v) is 3.87. The van der Waals surface area contributed by atoms with Crippen LogP contribution in [0.15, 0.2) is 18.3 Å². The zero-order chi connectivity index (χ0) is 24.1. The van der Waals surface area contributed by atoms with Crippen LogP contribution in [0.25, 0.3) is 22.2 Å². The molecule has 0 unspecified atom stereocenters. The molecule has 3 heterocycles. The normalized spacial score (nSPS) is 13.8. The summed E-state index contributed by atoms with van der Waals surface area (Å²) in [6, 6.07) is 3.27. The maximum absolute atomic E-state index is 14.7.